The van der Waals surface area contributed by atoms with Crippen molar-refractivity contribution in [3.05, 3.63) is 35.8 Å². The molecular weight excluding hydrogens is 255 g/mol. The fourth-order valence-corrected chi connectivity index (χ4v) is 2.39. The second kappa shape index (κ2) is 6.61. The van der Waals surface area contributed by atoms with Crippen LogP contribution in [0.15, 0.2) is 24.4 Å². The molecule has 1 heterocycles. The number of aromatic nitrogens is 3. The Labute approximate surface area is 119 Å². The van der Waals surface area contributed by atoms with Crippen molar-refractivity contribution in [2.45, 2.75) is 39.8 Å². The first-order valence-electron chi connectivity index (χ1n) is 7.09. The van der Waals surface area contributed by atoms with Crippen molar-refractivity contribution in [2.24, 2.45) is 0 Å². The van der Waals surface area contributed by atoms with Gasteiger partial charge in [0.25, 0.3) is 0 Å². The molecule has 0 radical (unpaired) electrons. The van der Waals surface area contributed by atoms with Crippen LogP contribution < -0.4 is 5.32 Å². The van der Waals surface area contributed by atoms with E-state index in [1.807, 2.05) is 10.7 Å². The van der Waals surface area contributed by atoms with Crippen LogP contribution in [-0.2, 0) is 6.54 Å². The Balaban J connectivity index is 2.48. The summed E-state index contributed by atoms with van der Waals surface area (Å²) in [7, 11) is 0. The van der Waals surface area contributed by atoms with Crippen molar-refractivity contribution in [1.29, 1.82) is 0 Å². The molecule has 0 bridgehead atoms. The first kappa shape index (κ1) is 14.7. The molecule has 0 saturated carbocycles. The number of nitrogens with one attached hydrogen (secondary N) is 1. The molecule has 108 valence electrons. The third-order valence-electron chi connectivity index (χ3n) is 3.32. The van der Waals surface area contributed by atoms with Crippen LogP contribution in [0.2, 0.25) is 0 Å². The van der Waals surface area contributed by atoms with E-state index in [4.69, 9.17) is 0 Å². The summed E-state index contributed by atoms with van der Waals surface area (Å²) in [6.45, 7) is 7.86. The van der Waals surface area contributed by atoms with Crippen LogP contribution in [0, 0.1) is 5.82 Å². The van der Waals surface area contributed by atoms with E-state index < -0.39 is 0 Å². The van der Waals surface area contributed by atoms with E-state index in [1.54, 1.807) is 12.3 Å². The van der Waals surface area contributed by atoms with Crippen LogP contribution >= 0.6 is 0 Å². The van der Waals surface area contributed by atoms with E-state index in [-0.39, 0.29) is 11.9 Å². The SMILES string of the molecule is CCCn1nncc1-c1cc(F)ccc1C(C)NCC. The lowest BCUT2D eigenvalue weighted by molar-refractivity contribution is 0.576. The zero-order chi connectivity index (χ0) is 14.5. The lowest BCUT2D eigenvalue weighted by atomic mass is 9.99. The molecule has 0 amide bonds. The summed E-state index contributed by atoms with van der Waals surface area (Å²) >= 11 is 0. The predicted octanol–water partition coefficient (Wildman–Crippen LogP) is 3.16. The molecular formula is C15H21FN4. The van der Waals surface area contributed by atoms with Crippen molar-refractivity contribution in [3.63, 3.8) is 0 Å². The van der Waals surface area contributed by atoms with Gasteiger partial charge in [0.2, 0.25) is 0 Å². The van der Waals surface area contributed by atoms with Crippen molar-refractivity contribution in [1.82, 2.24) is 20.3 Å². The van der Waals surface area contributed by atoms with Crippen LogP contribution in [0.5, 0.6) is 0 Å². The monoisotopic (exact) mass is 276 g/mol. The van der Waals surface area contributed by atoms with Crippen molar-refractivity contribution in [3.8, 4) is 11.3 Å². The Bertz CT molecular complexity index is 565. The molecule has 0 spiro atoms. The Morgan fingerprint density at radius 2 is 2.15 bits per heavy atom. The Morgan fingerprint density at radius 1 is 1.35 bits per heavy atom. The van der Waals surface area contributed by atoms with Gasteiger partial charge in [-0.15, -0.1) is 5.10 Å². The molecule has 1 unspecified atom stereocenters. The van der Waals surface area contributed by atoms with Crippen molar-refractivity contribution < 1.29 is 4.39 Å². The molecule has 4 nitrogen and oxygen atoms in total. The average molecular weight is 276 g/mol. The first-order chi connectivity index (χ1) is 9.67. The summed E-state index contributed by atoms with van der Waals surface area (Å²) in [5, 5.41) is 11.4. The van der Waals surface area contributed by atoms with Crippen LogP contribution in [0.3, 0.4) is 0 Å². The van der Waals surface area contributed by atoms with E-state index in [0.717, 1.165) is 36.3 Å². The fourth-order valence-electron chi connectivity index (χ4n) is 2.39. The number of rotatable bonds is 6. The smallest absolute Gasteiger partial charge is 0.123 e. The van der Waals surface area contributed by atoms with Crippen LogP contribution in [0.1, 0.15) is 38.8 Å². The molecule has 5 heteroatoms. The molecule has 0 aliphatic heterocycles. The van der Waals surface area contributed by atoms with Gasteiger partial charge in [-0.3, -0.25) is 0 Å². The number of hydrogen-bond acceptors (Lipinski definition) is 3. The van der Waals surface area contributed by atoms with Gasteiger partial charge in [0.05, 0.1) is 11.9 Å². The molecule has 0 saturated heterocycles. The highest BCUT2D eigenvalue weighted by molar-refractivity contribution is 5.64. The third-order valence-corrected chi connectivity index (χ3v) is 3.32. The van der Waals surface area contributed by atoms with Crippen LogP contribution in [0.25, 0.3) is 11.3 Å². The number of aryl methyl sites for hydroxylation is 1. The third kappa shape index (κ3) is 3.04. The minimum Gasteiger partial charge on any atom is -0.310 e. The number of hydrogen-bond donors (Lipinski definition) is 1. The highest BCUT2D eigenvalue weighted by Crippen LogP contribution is 2.28. The van der Waals surface area contributed by atoms with Gasteiger partial charge in [0.1, 0.15) is 5.82 Å². The minimum atomic E-state index is -0.239. The van der Waals surface area contributed by atoms with Gasteiger partial charge >= 0.3 is 0 Å². The standard InChI is InChI=1S/C15H21FN4/c1-4-8-20-15(10-18-19-20)14-9-12(16)6-7-13(14)11(3)17-5-2/h6-7,9-11,17H,4-5,8H2,1-3H3. The zero-order valence-corrected chi connectivity index (χ0v) is 12.2. The summed E-state index contributed by atoms with van der Waals surface area (Å²) in [6.07, 6.45) is 2.66. The maximum absolute atomic E-state index is 13.6. The summed E-state index contributed by atoms with van der Waals surface area (Å²) in [5.41, 5.74) is 2.79. The van der Waals surface area contributed by atoms with E-state index in [2.05, 4.69) is 36.4 Å². The summed E-state index contributed by atoms with van der Waals surface area (Å²) in [5.74, 6) is -0.239. The van der Waals surface area contributed by atoms with Crippen molar-refractivity contribution in [2.75, 3.05) is 6.54 Å². The van der Waals surface area contributed by atoms with E-state index in [1.165, 1.54) is 6.07 Å². The first-order valence-corrected chi connectivity index (χ1v) is 7.09. The predicted molar refractivity (Wildman–Crippen MR) is 77.8 cm³/mol. The van der Waals surface area contributed by atoms with Gasteiger partial charge in [-0.2, -0.15) is 0 Å². The Hall–Kier alpha value is -1.75. The summed E-state index contributed by atoms with van der Waals surface area (Å²) < 4.78 is 15.5. The topological polar surface area (TPSA) is 42.7 Å². The normalized spacial score (nSPS) is 12.6. The molecule has 1 N–H and O–H groups in total. The molecule has 0 aliphatic rings. The molecule has 1 aromatic carbocycles. The maximum Gasteiger partial charge on any atom is 0.123 e. The van der Waals surface area contributed by atoms with Gasteiger partial charge in [0.15, 0.2) is 0 Å². The van der Waals surface area contributed by atoms with Crippen LogP contribution in [0.4, 0.5) is 4.39 Å². The van der Waals surface area contributed by atoms with Gasteiger partial charge in [-0.1, -0.05) is 25.1 Å². The van der Waals surface area contributed by atoms with Crippen LogP contribution in [-0.4, -0.2) is 21.5 Å². The number of benzene rings is 1. The second-order valence-electron chi connectivity index (χ2n) is 4.85. The lowest BCUT2D eigenvalue weighted by Crippen LogP contribution is -2.19. The molecule has 1 atom stereocenters. The van der Waals surface area contributed by atoms with Gasteiger partial charge in [0, 0.05) is 18.2 Å². The second-order valence-corrected chi connectivity index (χ2v) is 4.85. The van der Waals surface area contributed by atoms with Crippen molar-refractivity contribution >= 4 is 0 Å². The fraction of sp³-hybridized carbons (Fsp3) is 0.467. The maximum atomic E-state index is 13.6. The number of nitrogens with zero attached hydrogens (tertiary/aromatic N) is 3. The average Bonchev–Trinajstić information content (AvgIpc) is 2.87. The highest BCUT2D eigenvalue weighted by atomic mass is 19.1. The Kier molecular flexibility index (Phi) is 4.84. The van der Waals surface area contributed by atoms with Gasteiger partial charge in [-0.25, -0.2) is 9.07 Å². The summed E-state index contributed by atoms with van der Waals surface area (Å²) in [6, 6.07) is 5.05. The molecule has 1 aromatic heterocycles. The minimum absolute atomic E-state index is 0.153. The van der Waals surface area contributed by atoms with Gasteiger partial charge < -0.3 is 5.32 Å². The van der Waals surface area contributed by atoms with E-state index in [9.17, 15) is 4.39 Å². The molecule has 0 fully saturated rings. The highest BCUT2D eigenvalue weighted by Gasteiger charge is 2.16. The quantitative estimate of drug-likeness (QED) is 0.881. The largest absolute Gasteiger partial charge is 0.310 e. The van der Waals surface area contributed by atoms with E-state index >= 15 is 0 Å². The molecule has 2 aromatic rings. The summed E-state index contributed by atoms with van der Waals surface area (Å²) in [4.78, 5) is 0. The molecule has 20 heavy (non-hydrogen) atoms. The Morgan fingerprint density at radius 3 is 2.85 bits per heavy atom. The molecule has 2 rings (SSSR count). The van der Waals surface area contributed by atoms with E-state index in [0.29, 0.717) is 0 Å². The number of halogens is 1. The lowest BCUT2D eigenvalue weighted by Gasteiger charge is -2.17. The molecule has 0 aliphatic carbocycles. The van der Waals surface area contributed by atoms with Gasteiger partial charge in [-0.05, 0) is 37.6 Å². The zero-order valence-electron chi connectivity index (χ0n) is 12.2.